The van der Waals surface area contributed by atoms with Crippen molar-refractivity contribution in [3.8, 4) is 0 Å². The molecule has 4 rings (SSSR count). The summed E-state index contributed by atoms with van der Waals surface area (Å²) in [6.07, 6.45) is 6.95. The van der Waals surface area contributed by atoms with Gasteiger partial charge in [0.25, 0.3) is 5.91 Å². The number of aromatic nitrogens is 2. The Morgan fingerprint density at radius 1 is 1.00 bits per heavy atom. The van der Waals surface area contributed by atoms with Crippen LogP contribution in [0.15, 0.2) is 47.1 Å². The van der Waals surface area contributed by atoms with Crippen LogP contribution in [0.5, 0.6) is 0 Å². The molecule has 1 aliphatic rings. The Labute approximate surface area is 194 Å². The number of hydrogen-bond acceptors (Lipinski definition) is 6. The number of rotatable bonds is 8. The van der Waals surface area contributed by atoms with Gasteiger partial charge in [-0.1, -0.05) is 38.8 Å². The van der Waals surface area contributed by atoms with Gasteiger partial charge in [-0.3, -0.25) is 9.59 Å². The third-order valence-electron chi connectivity index (χ3n) is 6.08. The molecule has 0 spiro atoms. The van der Waals surface area contributed by atoms with E-state index >= 15 is 0 Å². The van der Waals surface area contributed by atoms with Crippen molar-refractivity contribution in [3.05, 3.63) is 48.5 Å². The van der Waals surface area contributed by atoms with Crippen LogP contribution in [0, 0.1) is 5.92 Å². The lowest BCUT2D eigenvalue weighted by Gasteiger charge is -2.34. The van der Waals surface area contributed by atoms with Crippen molar-refractivity contribution in [3.63, 3.8) is 0 Å². The molecule has 1 aliphatic heterocycles. The number of furan rings is 1. The number of amides is 2. The molecule has 0 aliphatic carbocycles. The van der Waals surface area contributed by atoms with Gasteiger partial charge >= 0.3 is 0 Å². The zero-order valence-electron chi connectivity index (χ0n) is 19.3. The number of para-hydroxylation sites is 1. The van der Waals surface area contributed by atoms with Gasteiger partial charge in [-0.05, 0) is 31.0 Å². The third kappa shape index (κ3) is 4.99. The van der Waals surface area contributed by atoms with E-state index in [1.165, 1.54) is 0 Å². The highest BCUT2D eigenvalue weighted by molar-refractivity contribution is 6.11. The highest BCUT2D eigenvalue weighted by Crippen LogP contribution is 2.33. The predicted molar refractivity (Wildman–Crippen MR) is 128 cm³/mol. The molecular formula is C25H31N5O3. The van der Waals surface area contributed by atoms with E-state index in [-0.39, 0.29) is 23.5 Å². The molecule has 0 atom stereocenters. The molecule has 1 aromatic carbocycles. The van der Waals surface area contributed by atoms with Gasteiger partial charge in [0.15, 0.2) is 0 Å². The van der Waals surface area contributed by atoms with Crippen LogP contribution in [-0.4, -0.2) is 52.9 Å². The van der Waals surface area contributed by atoms with Crippen LogP contribution in [0.25, 0.3) is 11.0 Å². The van der Waals surface area contributed by atoms with Gasteiger partial charge in [0.05, 0.1) is 0 Å². The van der Waals surface area contributed by atoms with Crippen molar-refractivity contribution in [2.75, 3.05) is 36.4 Å². The van der Waals surface area contributed by atoms with Crippen LogP contribution < -0.4 is 10.2 Å². The summed E-state index contributed by atoms with van der Waals surface area (Å²) in [7, 11) is 0. The van der Waals surface area contributed by atoms with Crippen LogP contribution in [0.1, 0.15) is 50.1 Å². The second-order valence-electron chi connectivity index (χ2n) is 8.39. The van der Waals surface area contributed by atoms with Crippen LogP contribution in [0.4, 0.5) is 11.6 Å². The summed E-state index contributed by atoms with van der Waals surface area (Å²) in [5.74, 6) is 0.522. The van der Waals surface area contributed by atoms with Crippen molar-refractivity contribution >= 4 is 34.4 Å². The number of nitrogens with zero attached hydrogens (tertiary/aromatic N) is 4. The number of carbonyl (C=O) groups excluding carboxylic acids is 2. The number of piperazine rings is 1. The molecule has 0 radical (unpaired) electrons. The molecule has 3 aromatic rings. The standard InChI is InChI=1S/C25H31N5O3/c1-3-8-18(9-4-2)23(31)28-21-19-10-5-6-11-20(19)33-22(21)24(32)29-14-16-30(17-15-29)25-26-12-7-13-27-25/h5-7,10-13,18H,3-4,8-9,14-17H2,1-2H3,(H,28,31). The fraction of sp³-hybridized carbons (Fsp3) is 0.440. The summed E-state index contributed by atoms with van der Waals surface area (Å²) in [5, 5.41) is 3.79. The first-order valence-corrected chi connectivity index (χ1v) is 11.8. The van der Waals surface area contributed by atoms with E-state index in [0.29, 0.717) is 43.4 Å². The topological polar surface area (TPSA) is 91.6 Å². The lowest BCUT2D eigenvalue weighted by atomic mass is 9.97. The van der Waals surface area contributed by atoms with E-state index in [1.807, 2.05) is 24.3 Å². The zero-order valence-corrected chi connectivity index (χ0v) is 19.3. The van der Waals surface area contributed by atoms with Gasteiger partial charge in [-0.15, -0.1) is 0 Å². The van der Waals surface area contributed by atoms with Gasteiger partial charge in [-0.25, -0.2) is 9.97 Å². The fourth-order valence-corrected chi connectivity index (χ4v) is 4.36. The minimum Gasteiger partial charge on any atom is -0.449 e. The Kier molecular flexibility index (Phi) is 7.22. The van der Waals surface area contributed by atoms with Gasteiger partial charge < -0.3 is 19.5 Å². The lowest BCUT2D eigenvalue weighted by Crippen LogP contribution is -2.49. The SMILES string of the molecule is CCCC(CCC)C(=O)Nc1c(C(=O)N2CCN(c3ncccn3)CC2)oc2ccccc12. The largest absolute Gasteiger partial charge is 0.449 e. The monoisotopic (exact) mass is 449 g/mol. The highest BCUT2D eigenvalue weighted by Gasteiger charge is 2.30. The molecule has 0 saturated carbocycles. The molecule has 8 nitrogen and oxygen atoms in total. The van der Waals surface area contributed by atoms with Gasteiger partial charge in [-0.2, -0.15) is 0 Å². The molecular weight excluding hydrogens is 418 g/mol. The first-order valence-electron chi connectivity index (χ1n) is 11.8. The molecule has 3 heterocycles. The van der Waals surface area contributed by atoms with Gasteiger partial charge in [0, 0.05) is 49.9 Å². The summed E-state index contributed by atoms with van der Waals surface area (Å²) in [5.41, 5.74) is 1.07. The zero-order chi connectivity index (χ0) is 23.2. The molecule has 8 heteroatoms. The Hall–Kier alpha value is -3.42. The van der Waals surface area contributed by atoms with Crippen molar-refractivity contribution in [2.24, 2.45) is 5.92 Å². The number of anilines is 2. The Morgan fingerprint density at radius 2 is 1.67 bits per heavy atom. The summed E-state index contributed by atoms with van der Waals surface area (Å²) in [6, 6.07) is 9.23. The van der Waals surface area contributed by atoms with Crippen molar-refractivity contribution < 1.29 is 14.0 Å². The quantitative estimate of drug-likeness (QED) is 0.550. The molecule has 174 valence electrons. The van der Waals surface area contributed by atoms with E-state index in [4.69, 9.17) is 4.42 Å². The average Bonchev–Trinajstić information content (AvgIpc) is 3.22. The maximum atomic E-state index is 13.5. The van der Waals surface area contributed by atoms with Crippen molar-refractivity contribution in [2.45, 2.75) is 39.5 Å². The molecule has 2 aromatic heterocycles. The van der Waals surface area contributed by atoms with Crippen LogP contribution in [0.3, 0.4) is 0 Å². The van der Waals surface area contributed by atoms with Crippen LogP contribution >= 0.6 is 0 Å². The molecule has 1 fully saturated rings. The highest BCUT2D eigenvalue weighted by atomic mass is 16.3. The minimum absolute atomic E-state index is 0.0506. The fourth-order valence-electron chi connectivity index (χ4n) is 4.36. The van der Waals surface area contributed by atoms with Crippen molar-refractivity contribution in [1.29, 1.82) is 0 Å². The maximum Gasteiger partial charge on any atom is 0.291 e. The Balaban J connectivity index is 1.55. The second kappa shape index (κ2) is 10.5. The first-order chi connectivity index (χ1) is 16.1. The Bertz CT molecular complexity index is 1080. The number of nitrogens with one attached hydrogen (secondary N) is 1. The summed E-state index contributed by atoms with van der Waals surface area (Å²) in [4.78, 5) is 39.0. The van der Waals surface area contributed by atoms with E-state index in [1.54, 1.807) is 23.4 Å². The predicted octanol–water partition coefficient (Wildman–Crippen LogP) is 4.34. The number of carbonyl (C=O) groups is 2. The maximum absolute atomic E-state index is 13.5. The third-order valence-corrected chi connectivity index (χ3v) is 6.08. The van der Waals surface area contributed by atoms with Gasteiger partial charge in [0.2, 0.25) is 17.6 Å². The van der Waals surface area contributed by atoms with E-state index in [0.717, 1.165) is 31.1 Å². The van der Waals surface area contributed by atoms with E-state index in [2.05, 4.69) is 34.0 Å². The minimum atomic E-state index is -0.210. The number of fused-ring (bicyclic) bond motifs is 1. The van der Waals surface area contributed by atoms with Crippen LogP contribution in [-0.2, 0) is 4.79 Å². The average molecular weight is 450 g/mol. The number of hydrogen-bond donors (Lipinski definition) is 1. The normalized spacial score (nSPS) is 14.2. The first kappa shape index (κ1) is 22.8. The van der Waals surface area contributed by atoms with E-state index < -0.39 is 0 Å². The molecule has 1 N–H and O–H groups in total. The van der Waals surface area contributed by atoms with Crippen molar-refractivity contribution in [1.82, 2.24) is 14.9 Å². The molecule has 2 amide bonds. The van der Waals surface area contributed by atoms with Crippen LogP contribution in [0.2, 0.25) is 0 Å². The smallest absolute Gasteiger partial charge is 0.291 e. The molecule has 1 saturated heterocycles. The lowest BCUT2D eigenvalue weighted by molar-refractivity contribution is -0.120. The summed E-state index contributed by atoms with van der Waals surface area (Å²) >= 11 is 0. The molecule has 0 unspecified atom stereocenters. The van der Waals surface area contributed by atoms with E-state index in [9.17, 15) is 9.59 Å². The Morgan fingerprint density at radius 3 is 2.33 bits per heavy atom. The second-order valence-corrected chi connectivity index (χ2v) is 8.39. The molecule has 33 heavy (non-hydrogen) atoms. The van der Waals surface area contributed by atoms with Gasteiger partial charge in [0.1, 0.15) is 11.3 Å². The number of benzene rings is 1. The summed E-state index contributed by atoms with van der Waals surface area (Å²) in [6.45, 7) is 6.47. The molecule has 0 bridgehead atoms. The summed E-state index contributed by atoms with van der Waals surface area (Å²) < 4.78 is 5.98.